The summed E-state index contributed by atoms with van der Waals surface area (Å²) in [5, 5.41) is 8.71. The van der Waals surface area contributed by atoms with Gasteiger partial charge in [-0.3, -0.25) is 0 Å². The molecule has 1 heterocycles. The largest absolute Gasteiger partial charge is 0.381 e. The van der Waals surface area contributed by atoms with Crippen molar-refractivity contribution >= 4 is 10.0 Å². The Morgan fingerprint density at radius 1 is 1.45 bits per heavy atom. The van der Waals surface area contributed by atoms with E-state index < -0.39 is 10.0 Å². The normalized spacial score (nSPS) is 20.5. The number of rotatable bonds is 5. The van der Waals surface area contributed by atoms with Gasteiger partial charge in [-0.15, -0.1) is 0 Å². The van der Waals surface area contributed by atoms with Gasteiger partial charge in [0, 0.05) is 18.6 Å². The molecule has 0 radical (unpaired) electrons. The topological polar surface area (TPSA) is 79.2 Å². The lowest BCUT2D eigenvalue weighted by Gasteiger charge is -2.19. The second-order valence-corrected chi connectivity index (χ2v) is 6.85. The van der Waals surface area contributed by atoms with Crippen LogP contribution in [-0.2, 0) is 20.5 Å². The third-order valence-corrected chi connectivity index (χ3v) is 4.92. The first-order valence-corrected chi connectivity index (χ1v) is 8.22. The lowest BCUT2D eigenvalue weighted by Crippen LogP contribution is -2.38. The summed E-state index contributed by atoms with van der Waals surface area (Å²) < 4.78 is 32.2. The van der Waals surface area contributed by atoms with E-state index >= 15 is 0 Å². The van der Waals surface area contributed by atoms with Crippen molar-refractivity contribution in [2.75, 3.05) is 13.2 Å². The number of ether oxygens (including phenoxy) is 1. The van der Waals surface area contributed by atoms with Gasteiger partial charge in [0.05, 0.1) is 24.0 Å². The predicted octanol–water partition coefficient (Wildman–Crippen LogP) is 1.40. The Hall–Kier alpha value is -1.42. The minimum absolute atomic E-state index is 0.0728. The fraction of sp³-hybridized carbons (Fsp3) is 0.500. The van der Waals surface area contributed by atoms with Gasteiger partial charge >= 0.3 is 0 Å². The van der Waals surface area contributed by atoms with Crippen molar-refractivity contribution in [1.29, 1.82) is 5.26 Å². The molecule has 5 nitrogen and oxygen atoms in total. The zero-order valence-electron chi connectivity index (χ0n) is 11.4. The third kappa shape index (κ3) is 4.04. The Kier molecular flexibility index (Phi) is 4.76. The summed E-state index contributed by atoms with van der Waals surface area (Å²) in [5.74, 6) is 0.169. The van der Waals surface area contributed by atoms with Gasteiger partial charge in [0.1, 0.15) is 0 Å². The first-order chi connectivity index (χ1) is 9.50. The Morgan fingerprint density at radius 2 is 2.15 bits per heavy atom. The van der Waals surface area contributed by atoms with Crippen LogP contribution in [0.1, 0.15) is 24.5 Å². The van der Waals surface area contributed by atoms with Crippen molar-refractivity contribution in [3.8, 4) is 6.07 Å². The zero-order valence-corrected chi connectivity index (χ0v) is 12.2. The van der Waals surface area contributed by atoms with Crippen LogP contribution in [0.15, 0.2) is 24.3 Å². The second kappa shape index (κ2) is 6.35. The van der Waals surface area contributed by atoms with Gasteiger partial charge in [0.25, 0.3) is 0 Å². The van der Waals surface area contributed by atoms with Crippen LogP contribution in [0.5, 0.6) is 0 Å². The number of nitriles is 1. The van der Waals surface area contributed by atoms with E-state index in [0.29, 0.717) is 24.3 Å². The zero-order chi connectivity index (χ0) is 14.6. The van der Waals surface area contributed by atoms with Gasteiger partial charge in [-0.05, 0) is 31.0 Å². The minimum atomic E-state index is -3.38. The molecule has 1 aromatic rings. The molecule has 6 heteroatoms. The van der Waals surface area contributed by atoms with Crippen molar-refractivity contribution in [3.63, 3.8) is 0 Å². The highest BCUT2D eigenvalue weighted by atomic mass is 32.2. The molecule has 20 heavy (non-hydrogen) atoms. The van der Waals surface area contributed by atoms with Gasteiger partial charge in [-0.1, -0.05) is 12.1 Å². The van der Waals surface area contributed by atoms with Crippen LogP contribution in [0.3, 0.4) is 0 Å². The molecule has 2 unspecified atom stereocenters. The van der Waals surface area contributed by atoms with Crippen molar-refractivity contribution in [2.45, 2.75) is 25.1 Å². The number of hydrogen-bond donors (Lipinski definition) is 1. The average Bonchev–Trinajstić information content (AvgIpc) is 2.92. The molecule has 1 saturated heterocycles. The van der Waals surface area contributed by atoms with E-state index in [2.05, 4.69) is 4.72 Å². The molecule has 0 saturated carbocycles. The highest BCUT2D eigenvalue weighted by Crippen LogP contribution is 2.17. The van der Waals surface area contributed by atoms with Crippen LogP contribution in [0, 0.1) is 17.2 Å². The fourth-order valence-electron chi connectivity index (χ4n) is 2.26. The van der Waals surface area contributed by atoms with Gasteiger partial charge in [-0.25, -0.2) is 13.1 Å². The van der Waals surface area contributed by atoms with Gasteiger partial charge < -0.3 is 4.74 Å². The maximum Gasteiger partial charge on any atom is 0.216 e. The summed E-state index contributed by atoms with van der Waals surface area (Å²) in [6, 6.07) is 8.47. The van der Waals surface area contributed by atoms with E-state index in [1.165, 1.54) is 0 Å². The molecule has 0 aliphatic carbocycles. The Bertz CT molecular complexity index is 584. The van der Waals surface area contributed by atoms with Crippen molar-refractivity contribution in [3.05, 3.63) is 35.4 Å². The summed E-state index contributed by atoms with van der Waals surface area (Å²) in [6.07, 6.45) is 0.889. The first-order valence-electron chi connectivity index (χ1n) is 6.57. The molecule has 108 valence electrons. The summed E-state index contributed by atoms with van der Waals surface area (Å²) in [7, 11) is -3.38. The highest BCUT2D eigenvalue weighted by molar-refractivity contribution is 7.88. The monoisotopic (exact) mass is 294 g/mol. The molecule has 1 aliphatic heterocycles. The summed E-state index contributed by atoms with van der Waals surface area (Å²) >= 11 is 0. The molecule has 1 fully saturated rings. The molecule has 1 aromatic carbocycles. The fourth-order valence-corrected chi connectivity index (χ4v) is 3.74. The molecule has 0 aromatic heterocycles. The van der Waals surface area contributed by atoms with Crippen LogP contribution in [0.4, 0.5) is 0 Å². The quantitative estimate of drug-likeness (QED) is 0.890. The SMILES string of the molecule is CC(NS(=O)(=O)Cc1ccc(C#N)cc1)C1CCOC1. The second-order valence-electron chi connectivity index (χ2n) is 5.10. The van der Waals surface area contributed by atoms with Gasteiger partial charge in [-0.2, -0.15) is 5.26 Å². The van der Waals surface area contributed by atoms with E-state index in [-0.39, 0.29) is 17.7 Å². The van der Waals surface area contributed by atoms with Crippen LogP contribution in [0.2, 0.25) is 0 Å². The maximum absolute atomic E-state index is 12.1. The summed E-state index contributed by atoms with van der Waals surface area (Å²) in [6.45, 7) is 3.18. The number of sulfonamides is 1. The van der Waals surface area contributed by atoms with E-state index in [4.69, 9.17) is 10.00 Å². The molecular weight excluding hydrogens is 276 g/mol. The number of nitrogens with one attached hydrogen (secondary N) is 1. The van der Waals surface area contributed by atoms with E-state index in [9.17, 15) is 8.42 Å². The Morgan fingerprint density at radius 3 is 2.70 bits per heavy atom. The minimum Gasteiger partial charge on any atom is -0.381 e. The average molecular weight is 294 g/mol. The molecule has 0 bridgehead atoms. The van der Waals surface area contributed by atoms with Crippen LogP contribution >= 0.6 is 0 Å². The van der Waals surface area contributed by atoms with Crippen LogP contribution < -0.4 is 4.72 Å². The maximum atomic E-state index is 12.1. The van der Waals surface area contributed by atoms with Crippen molar-refractivity contribution in [1.82, 2.24) is 4.72 Å². The molecular formula is C14H18N2O3S. The predicted molar refractivity (Wildman–Crippen MR) is 75.3 cm³/mol. The number of benzene rings is 1. The summed E-state index contributed by atoms with van der Waals surface area (Å²) in [5.41, 5.74) is 1.20. The van der Waals surface area contributed by atoms with E-state index in [1.54, 1.807) is 24.3 Å². The number of hydrogen-bond acceptors (Lipinski definition) is 4. The number of nitrogens with zero attached hydrogens (tertiary/aromatic N) is 1. The Balaban J connectivity index is 1.97. The van der Waals surface area contributed by atoms with Gasteiger partial charge in [0.15, 0.2) is 0 Å². The molecule has 1 N–H and O–H groups in total. The standard InChI is InChI=1S/C14H18N2O3S/c1-11(14-6-7-19-9-14)16-20(17,18)10-13-4-2-12(8-15)3-5-13/h2-5,11,14,16H,6-7,9-10H2,1H3. The smallest absolute Gasteiger partial charge is 0.216 e. The third-order valence-electron chi connectivity index (χ3n) is 3.48. The van der Waals surface area contributed by atoms with Crippen molar-refractivity contribution in [2.24, 2.45) is 5.92 Å². The van der Waals surface area contributed by atoms with Crippen LogP contribution in [-0.4, -0.2) is 27.7 Å². The Labute approximate surface area is 119 Å². The van der Waals surface area contributed by atoms with Gasteiger partial charge in [0.2, 0.25) is 10.0 Å². The first kappa shape index (κ1) is 15.0. The highest BCUT2D eigenvalue weighted by Gasteiger charge is 2.25. The molecule has 0 amide bonds. The van der Waals surface area contributed by atoms with E-state index in [0.717, 1.165) is 6.42 Å². The molecule has 2 atom stereocenters. The van der Waals surface area contributed by atoms with E-state index in [1.807, 2.05) is 13.0 Å². The van der Waals surface area contributed by atoms with Crippen molar-refractivity contribution < 1.29 is 13.2 Å². The molecule has 0 spiro atoms. The molecule has 1 aliphatic rings. The lowest BCUT2D eigenvalue weighted by atomic mass is 10.0. The summed E-state index contributed by atoms with van der Waals surface area (Å²) in [4.78, 5) is 0. The molecule has 2 rings (SSSR count). The lowest BCUT2D eigenvalue weighted by molar-refractivity contribution is 0.180. The van der Waals surface area contributed by atoms with Crippen LogP contribution in [0.25, 0.3) is 0 Å².